The van der Waals surface area contributed by atoms with Crippen LogP contribution in [-0.2, 0) is 13.5 Å². The quantitative estimate of drug-likeness (QED) is 0.813. The molecule has 0 aliphatic rings. The molecule has 0 atom stereocenters. The predicted molar refractivity (Wildman–Crippen MR) is 67.8 cm³/mol. The van der Waals surface area contributed by atoms with Crippen molar-refractivity contribution in [3.63, 3.8) is 0 Å². The van der Waals surface area contributed by atoms with Crippen LogP contribution >= 0.6 is 15.9 Å². The number of nitrogens with zero attached hydrogens (tertiary/aromatic N) is 3. The van der Waals surface area contributed by atoms with Crippen LogP contribution in [0.15, 0.2) is 35.1 Å². The zero-order chi connectivity index (χ0) is 12.3. The minimum atomic E-state index is 0.0404. The van der Waals surface area contributed by atoms with E-state index < -0.39 is 0 Å². The number of carbonyl (C=O) groups excluding carboxylic acids is 1. The molecule has 2 aromatic heterocycles. The van der Waals surface area contributed by atoms with Crippen LogP contribution in [0, 0.1) is 0 Å². The van der Waals surface area contributed by atoms with Gasteiger partial charge in [-0.15, -0.1) is 0 Å². The molecule has 0 aliphatic carbocycles. The number of Topliss-reactive ketones (excluding diaryl/α,β-unsaturated/α-hetero) is 1. The number of hydrogen-bond donors (Lipinski definition) is 0. The van der Waals surface area contributed by atoms with Gasteiger partial charge in [0.15, 0.2) is 5.78 Å². The lowest BCUT2D eigenvalue weighted by Gasteiger charge is -2.03. The Balaban J connectivity index is 2.04. The SMILES string of the molecule is Cn1nccc1CCC(=O)c1ncccc1Br. The molecule has 0 bridgehead atoms. The van der Waals surface area contributed by atoms with E-state index in [-0.39, 0.29) is 5.78 Å². The van der Waals surface area contributed by atoms with Gasteiger partial charge in [0.2, 0.25) is 0 Å². The highest BCUT2D eigenvalue weighted by Crippen LogP contribution is 2.16. The maximum absolute atomic E-state index is 11.9. The van der Waals surface area contributed by atoms with Crippen molar-refractivity contribution in [1.82, 2.24) is 14.8 Å². The zero-order valence-corrected chi connectivity index (χ0v) is 11.0. The summed E-state index contributed by atoms with van der Waals surface area (Å²) in [6.07, 6.45) is 4.48. The van der Waals surface area contributed by atoms with Crippen molar-refractivity contribution in [2.75, 3.05) is 0 Å². The molecule has 0 unspecified atom stereocenters. The van der Waals surface area contributed by atoms with Crippen LogP contribution in [0.3, 0.4) is 0 Å². The van der Waals surface area contributed by atoms with Gasteiger partial charge in [0.05, 0.1) is 0 Å². The Hall–Kier alpha value is -1.49. The second-order valence-corrected chi connectivity index (χ2v) is 4.56. The molecule has 0 saturated carbocycles. The molecule has 4 nitrogen and oxygen atoms in total. The van der Waals surface area contributed by atoms with Gasteiger partial charge in [0.1, 0.15) is 5.69 Å². The highest BCUT2D eigenvalue weighted by Gasteiger charge is 2.11. The molecule has 2 aromatic rings. The van der Waals surface area contributed by atoms with Crippen molar-refractivity contribution in [3.05, 3.63) is 46.5 Å². The van der Waals surface area contributed by atoms with Crippen LogP contribution in [-0.4, -0.2) is 20.5 Å². The summed E-state index contributed by atoms with van der Waals surface area (Å²) in [6, 6.07) is 5.53. The van der Waals surface area contributed by atoms with Crippen LogP contribution in [0.1, 0.15) is 22.6 Å². The Morgan fingerprint density at radius 3 is 2.88 bits per heavy atom. The van der Waals surface area contributed by atoms with Crippen LogP contribution < -0.4 is 0 Å². The molecule has 0 aliphatic heterocycles. The second-order valence-electron chi connectivity index (χ2n) is 3.70. The van der Waals surface area contributed by atoms with Gasteiger partial charge in [-0.3, -0.25) is 14.5 Å². The highest BCUT2D eigenvalue weighted by atomic mass is 79.9. The van der Waals surface area contributed by atoms with E-state index >= 15 is 0 Å². The number of halogens is 1. The number of aromatic nitrogens is 3. The summed E-state index contributed by atoms with van der Waals surface area (Å²) in [7, 11) is 1.87. The summed E-state index contributed by atoms with van der Waals surface area (Å²) >= 11 is 3.33. The largest absolute Gasteiger partial charge is 0.292 e. The Bertz CT molecular complexity index is 536. The van der Waals surface area contributed by atoms with Gasteiger partial charge in [-0.1, -0.05) is 0 Å². The van der Waals surface area contributed by atoms with Gasteiger partial charge in [-0.25, -0.2) is 0 Å². The first-order chi connectivity index (χ1) is 8.18. The summed E-state index contributed by atoms with van der Waals surface area (Å²) in [5.41, 5.74) is 1.54. The summed E-state index contributed by atoms with van der Waals surface area (Å²) in [4.78, 5) is 16.0. The lowest BCUT2D eigenvalue weighted by atomic mass is 10.1. The Kier molecular flexibility index (Phi) is 3.68. The molecule has 0 amide bonds. The fraction of sp³-hybridized carbons (Fsp3) is 0.250. The summed E-state index contributed by atoms with van der Waals surface area (Å²) < 4.78 is 2.52. The van der Waals surface area contributed by atoms with Crippen molar-refractivity contribution >= 4 is 21.7 Å². The third kappa shape index (κ3) is 2.79. The van der Waals surface area contributed by atoms with Crippen LogP contribution in [0.4, 0.5) is 0 Å². The molecule has 0 fully saturated rings. The monoisotopic (exact) mass is 293 g/mol. The molecule has 2 rings (SSSR count). The molecular formula is C12H12BrN3O. The van der Waals surface area contributed by atoms with Crippen LogP contribution in [0.25, 0.3) is 0 Å². The molecule has 0 saturated heterocycles. The summed E-state index contributed by atoms with van der Waals surface area (Å²) in [5.74, 6) is 0.0404. The lowest BCUT2D eigenvalue weighted by molar-refractivity contribution is 0.0976. The number of rotatable bonds is 4. The molecule has 17 heavy (non-hydrogen) atoms. The number of hydrogen-bond acceptors (Lipinski definition) is 3. The molecule has 5 heteroatoms. The van der Waals surface area contributed by atoms with E-state index in [1.807, 2.05) is 19.2 Å². The Morgan fingerprint density at radius 2 is 2.24 bits per heavy atom. The molecule has 0 aromatic carbocycles. The van der Waals surface area contributed by atoms with Gasteiger partial charge < -0.3 is 0 Å². The Labute approximate surface area is 108 Å². The number of carbonyl (C=O) groups is 1. The van der Waals surface area contributed by atoms with Crippen LogP contribution in [0.5, 0.6) is 0 Å². The average Bonchev–Trinajstić information content (AvgIpc) is 2.72. The van der Waals surface area contributed by atoms with Crippen molar-refractivity contribution in [2.45, 2.75) is 12.8 Å². The van der Waals surface area contributed by atoms with Crippen molar-refractivity contribution < 1.29 is 4.79 Å². The molecule has 88 valence electrons. The number of aryl methyl sites for hydroxylation is 2. The van der Waals surface area contributed by atoms with E-state index in [1.165, 1.54) is 0 Å². The zero-order valence-electron chi connectivity index (χ0n) is 9.43. The first-order valence-corrected chi connectivity index (χ1v) is 6.08. The van der Waals surface area contributed by atoms with Gasteiger partial charge in [-0.05, 0) is 40.5 Å². The van der Waals surface area contributed by atoms with E-state index in [9.17, 15) is 4.79 Å². The van der Waals surface area contributed by atoms with Gasteiger partial charge >= 0.3 is 0 Å². The highest BCUT2D eigenvalue weighted by molar-refractivity contribution is 9.10. The maximum atomic E-state index is 11.9. The fourth-order valence-corrected chi connectivity index (χ4v) is 2.07. The fourth-order valence-electron chi connectivity index (χ4n) is 1.60. The number of pyridine rings is 1. The first kappa shape index (κ1) is 12.0. The minimum absolute atomic E-state index is 0.0404. The molecule has 0 spiro atoms. The molecular weight excluding hydrogens is 282 g/mol. The van der Waals surface area contributed by atoms with E-state index in [1.54, 1.807) is 23.1 Å². The first-order valence-electron chi connectivity index (χ1n) is 5.29. The molecule has 2 heterocycles. The molecule has 0 radical (unpaired) electrons. The standard InChI is InChI=1S/C12H12BrN3O/c1-16-9(6-8-15-16)4-5-11(17)12-10(13)3-2-7-14-12/h2-3,6-8H,4-5H2,1H3. The predicted octanol–water partition coefficient (Wildman–Crippen LogP) is 2.39. The van der Waals surface area contributed by atoms with Crippen LogP contribution in [0.2, 0.25) is 0 Å². The smallest absolute Gasteiger partial charge is 0.182 e. The van der Waals surface area contributed by atoms with E-state index in [0.29, 0.717) is 18.5 Å². The summed E-state index contributed by atoms with van der Waals surface area (Å²) in [6.45, 7) is 0. The normalized spacial score (nSPS) is 10.5. The molecule has 0 N–H and O–H groups in total. The van der Waals surface area contributed by atoms with E-state index in [0.717, 1.165) is 10.2 Å². The van der Waals surface area contributed by atoms with Gasteiger partial charge in [0, 0.05) is 36.0 Å². The summed E-state index contributed by atoms with van der Waals surface area (Å²) in [5, 5.41) is 4.07. The lowest BCUT2D eigenvalue weighted by Crippen LogP contribution is -2.06. The third-order valence-corrected chi connectivity index (χ3v) is 3.19. The maximum Gasteiger partial charge on any atom is 0.182 e. The second kappa shape index (κ2) is 5.23. The Morgan fingerprint density at radius 1 is 1.41 bits per heavy atom. The van der Waals surface area contributed by atoms with E-state index in [4.69, 9.17) is 0 Å². The topological polar surface area (TPSA) is 47.8 Å². The minimum Gasteiger partial charge on any atom is -0.292 e. The van der Waals surface area contributed by atoms with Crippen molar-refractivity contribution in [2.24, 2.45) is 7.05 Å². The van der Waals surface area contributed by atoms with Gasteiger partial charge in [-0.2, -0.15) is 5.10 Å². The van der Waals surface area contributed by atoms with Crippen molar-refractivity contribution in [3.8, 4) is 0 Å². The average molecular weight is 294 g/mol. The number of ketones is 1. The van der Waals surface area contributed by atoms with E-state index in [2.05, 4.69) is 26.0 Å². The van der Waals surface area contributed by atoms with Gasteiger partial charge in [0.25, 0.3) is 0 Å². The third-order valence-electron chi connectivity index (χ3n) is 2.55. The van der Waals surface area contributed by atoms with Crippen molar-refractivity contribution in [1.29, 1.82) is 0 Å².